The molecule has 25 heavy (non-hydrogen) atoms. The van der Waals surface area contributed by atoms with E-state index in [1.807, 2.05) is 6.92 Å². The van der Waals surface area contributed by atoms with Crippen LogP contribution in [0.3, 0.4) is 0 Å². The van der Waals surface area contributed by atoms with Gasteiger partial charge in [0.05, 0.1) is 30.1 Å². The molecule has 1 aliphatic carbocycles. The number of carbonyl (C=O) groups is 1. The first kappa shape index (κ1) is 17.4. The third-order valence-corrected chi connectivity index (χ3v) is 4.78. The van der Waals surface area contributed by atoms with E-state index in [0.717, 1.165) is 36.9 Å². The van der Waals surface area contributed by atoms with Crippen molar-refractivity contribution in [3.8, 4) is 5.69 Å². The molecule has 134 valence electrons. The summed E-state index contributed by atoms with van der Waals surface area (Å²) < 4.78 is 14.6. The van der Waals surface area contributed by atoms with E-state index < -0.39 is 5.54 Å². The summed E-state index contributed by atoms with van der Waals surface area (Å²) >= 11 is 0. The van der Waals surface area contributed by atoms with Gasteiger partial charge in [-0.05, 0) is 44.0 Å². The highest BCUT2D eigenvalue weighted by atomic mass is 19.1. The van der Waals surface area contributed by atoms with Crippen molar-refractivity contribution in [3.05, 3.63) is 48.0 Å². The molecule has 0 saturated heterocycles. The molecule has 0 unspecified atom stereocenters. The fraction of sp³-hybridized carbons (Fsp3) is 0.444. The van der Waals surface area contributed by atoms with Gasteiger partial charge in [0, 0.05) is 11.8 Å². The molecular formula is C18H23FN4O2. The normalized spacial score (nSPS) is 17.2. The summed E-state index contributed by atoms with van der Waals surface area (Å²) in [4.78, 5) is 12.3. The highest BCUT2D eigenvalue weighted by Gasteiger charge is 2.34. The molecular weight excluding hydrogens is 323 g/mol. The van der Waals surface area contributed by atoms with Gasteiger partial charge >= 0.3 is 6.03 Å². The van der Waals surface area contributed by atoms with Crippen LogP contribution in [0.5, 0.6) is 0 Å². The number of amides is 2. The van der Waals surface area contributed by atoms with Gasteiger partial charge in [-0.2, -0.15) is 5.10 Å². The summed E-state index contributed by atoms with van der Waals surface area (Å²) in [5.41, 5.74) is 1.08. The number of urea groups is 1. The first-order valence-corrected chi connectivity index (χ1v) is 8.51. The first-order chi connectivity index (χ1) is 12.0. The van der Waals surface area contributed by atoms with E-state index in [9.17, 15) is 14.3 Å². The first-order valence-electron chi connectivity index (χ1n) is 8.51. The van der Waals surface area contributed by atoms with Crippen molar-refractivity contribution in [2.75, 3.05) is 6.61 Å². The maximum atomic E-state index is 13.0. The Morgan fingerprint density at radius 2 is 2.04 bits per heavy atom. The number of hydrogen-bond donors (Lipinski definition) is 3. The average Bonchev–Trinajstić information content (AvgIpc) is 3.25. The molecule has 1 aromatic carbocycles. The largest absolute Gasteiger partial charge is 0.394 e. The summed E-state index contributed by atoms with van der Waals surface area (Å²) in [5, 5.41) is 19.6. The van der Waals surface area contributed by atoms with E-state index in [0.29, 0.717) is 0 Å². The van der Waals surface area contributed by atoms with Gasteiger partial charge in [-0.3, -0.25) is 0 Å². The molecule has 0 aliphatic heterocycles. The Bertz CT molecular complexity index is 723. The van der Waals surface area contributed by atoms with Crippen LogP contribution >= 0.6 is 0 Å². The van der Waals surface area contributed by atoms with Gasteiger partial charge in [-0.1, -0.05) is 12.8 Å². The predicted molar refractivity (Wildman–Crippen MR) is 91.9 cm³/mol. The SMILES string of the molecule is C[C@H](NC(=O)NC1(CO)CCCC1)c1cnn(-c2ccc(F)cc2)c1. The molecule has 2 amide bonds. The fourth-order valence-electron chi connectivity index (χ4n) is 3.23. The second kappa shape index (κ2) is 7.23. The van der Waals surface area contributed by atoms with E-state index >= 15 is 0 Å². The quantitative estimate of drug-likeness (QED) is 0.779. The number of rotatable bonds is 5. The molecule has 3 rings (SSSR count). The molecule has 1 fully saturated rings. The summed E-state index contributed by atoms with van der Waals surface area (Å²) in [7, 11) is 0. The molecule has 0 bridgehead atoms. The third-order valence-electron chi connectivity index (χ3n) is 4.78. The summed E-state index contributed by atoms with van der Waals surface area (Å²) in [5.74, 6) is -0.299. The molecule has 1 saturated carbocycles. The summed E-state index contributed by atoms with van der Waals surface area (Å²) in [6.07, 6.45) is 7.10. The molecule has 2 aromatic rings. The van der Waals surface area contributed by atoms with Crippen molar-refractivity contribution in [3.63, 3.8) is 0 Å². The molecule has 1 aromatic heterocycles. The van der Waals surface area contributed by atoms with E-state index in [-0.39, 0.29) is 24.5 Å². The zero-order valence-electron chi connectivity index (χ0n) is 14.2. The van der Waals surface area contributed by atoms with Gasteiger partial charge in [-0.25, -0.2) is 13.9 Å². The fourth-order valence-corrected chi connectivity index (χ4v) is 3.23. The lowest BCUT2D eigenvalue weighted by molar-refractivity contribution is 0.162. The molecule has 1 aliphatic rings. The number of hydrogen-bond acceptors (Lipinski definition) is 3. The van der Waals surface area contributed by atoms with Gasteiger partial charge in [0.25, 0.3) is 0 Å². The van der Waals surface area contributed by atoms with Gasteiger partial charge in [0.1, 0.15) is 5.82 Å². The Balaban J connectivity index is 1.62. The topological polar surface area (TPSA) is 79.2 Å². The minimum Gasteiger partial charge on any atom is -0.394 e. The molecule has 0 spiro atoms. The molecule has 1 heterocycles. The smallest absolute Gasteiger partial charge is 0.315 e. The second-order valence-electron chi connectivity index (χ2n) is 6.66. The Labute approximate surface area is 146 Å². The summed E-state index contributed by atoms with van der Waals surface area (Å²) in [6, 6.07) is 5.50. The molecule has 6 nitrogen and oxygen atoms in total. The van der Waals surface area contributed by atoms with Gasteiger partial charge in [-0.15, -0.1) is 0 Å². The Morgan fingerprint density at radius 1 is 1.36 bits per heavy atom. The van der Waals surface area contributed by atoms with Crippen LogP contribution in [0.1, 0.15) is 44.2 Å². The number of carbonyl (C=O) groups excluding carboxylic acids is 1. The van der Waals surface area contributed by atoms with Crippen LogP contribution in [0, 0.1) is 5.82 Å². The number of halogens is 1. The van der Waals surface area contributed by atoms with Crippen LogP contribution in [0.4, 0.5) is 9.18 Å². The Morgan fingerprint density at radius 3 is 2.68 bits per heavy atom. The Kier molecular flexibility index (Phi) is 5.03. The number of benzene rings is 1. The lowest BCUT2D eigenvalue weighted by Crippen LogP contribution is -2.53. The van der Waals surface area contributed by atoms with Crippen molar-refractivity contribution in [1.29, 1.82) is 0 Å². The Hall–Kier alpha value is -2.41. The van der Waals surface area contributed by atoms with Crippen LogP contribution in [0.15, 0.2) is 36.7 Å². The van der Waals surface area contributed by atoms with Crippen LogP contribution in [-0.2, 0) is 0 Å². The van der Waals surface area contributed by atoms with E-state index in [2.05, 4.69) is 15.7 Å². The standard InChI is InChI=1S/C18H23FN4O2/c1-13(21-17(25)22-18(12-24)8-2-3-9-18)14-10-20-23(11-14)16-6-4-15(19)5-7-16/h4-7,10-11,13,24H,2-3,8-9,12H2,1H3,(H2,21,22,25)/t13-/m0/s1. The predicted octanol–water partition coefficient (Wildman–Crippen LogP) is 2.68. The van der Waals surface area contributed by atoms with Crippen LogP contribution in [0.2, 0.25) is 0 Å². The molecule has 3 N–H and O–H groups in total. The van der Waals surface area contributed by atoms with Gasteiger partial charge in [0.15, 0.2) is 0 Å². The van der Waals surface area contributed by atoms with Crippen molar-refractivity contribution in [2.24, 2.45) is 0 Å². The van der Waals surface area contributed by atoms with Crippen molar-refractivity contribution in [2.45, 2.75) is 44.2 Å². The van der Waals surface area contributed by atoms with Crippen LogP contribution in [0.25, 0.3) is 5.69 Å². The minimum atomic E-state index is -0.498. The van der Waals surface area contributed by atoms with Crippen molar-refractivity contribution in [1.82, 2.24) is 20.4 Å². The molecule has 1 atom stereocenters. The average molecular weight is 346 g/mol. The zero-order valence-corrected chi connectivity index (χ0v) is 14.2. The maximum absolute atomic E-state index is 13.0. The third kappa shape index (κ3) is 3.99. The van der Waals surface area contributed by atoms with E-state index in [4.69, 9.17) is 0 Å². The number of aromatic nitrogens is 2. The molecule has 0 radical (unpaired) electrons. The van der Waals surface area contributed by atoms with Crippen LogP contribution < -0.4 is 10.6 Å². The lowest BCUT2D eigenvalue weighted by atomic mass is 9.99. The van der Waals surface area contributed by atoms with Gasteiger partial charge < -0.3 is 15.7 Å². The highest BCUT2D eigenvalue weighted by Crippen LogP contribution is 2.29. The lowest BCUT2D eigenvalue weighted by Gasteiger charge is -2.28. The number of aliphatic hydroxyl groups excluding tert-OH is 1. The van der Waals surface area contributed by atoms with Gasteiger partial charge in [0.2, 0.25) is 0 Å². The monoisotopic (exact) mass is 346 g/mol. The maximum Gasteiger partial charge on any atom is 0.315 e. The van der Waals surface area contributed by atoms with Crippen LogP contribution in [-0.4, -0.2) is 33.1 Å². The molecule has 7 heteroatoms. The van der Waals surface area contributed by atoms with E-state index in [1.54, 1.807) is 29.2 Å². The highest BCUT2D eigenvalue weighted by molar-refractivity contribution is 5.75. The number of nitrogens with one attached hydrogen (secondary N) is 2. The zero-order chi connectivity index (χ0) is 17.9. The summed E-state index contributed by atoms with van der Waals surface area (Å²) in [6.45, 7) is 1.82. The minimum absolute atomic E-state index is 0.0443. The number of nitrogens with zero attached hydrogens (tertiary/aromatic N) is 2. The second-order valence-corrected chi connectivity index (χ2v) is 6.66. The van der Waals surface area contributed by atoms with E-state index in [1.165, 1.54) is 12.1 Å². The number of aliphatic hydroxyl groups is 1. The van der Waals surface area contributed by atoms with Crippen molar-refractivity contribution < 1.29 is 14.3 Å². The van der Waals surface area contributed by atoms with Crippen molar-refractivity contribution >= 4 is 6.03 Å².